The number of anilines is 1. The third-order valence-corrected chi connectivity index (χ3v) is 8.13. The average Bonchev–Trinajstić information content (AvgIpc) is 3.57. The summed E-state index contributed by atoms with van der Waals surface area (Å²) in [5.74, 6) is -0.778. The summed E-state index contributed by atoms with van der Waals surface area (Å²) in [5, 5.41) is 7.07. The Labute approximate surface area is 230 Å². The van der Waals surface area contributed by atoms with Crippen LogP contribution in [0.1, 0.15) is 68.4 Å². The summed E-state index contributed by atoms with van der Waals surface area (Å²) >= 11 is 0. The monoisotopic (exact) mass is 547 g/mol. The van der Waals surface area contributed by atoms with Gasteiger partial charge in [-0.15, -0.1) is 0 Å². The van der Waals surface area contributed by atoms with Crippen LogP contribution < -0.4 is 10.2 Å². The Kier molecular flexibility index (Phi) is 6.64. The van der Waals surface area contributed by atoms with Gasteiger partial charge in [-0.1, -0.05) is 18.1 Å². The van der Waals surface area contributed by atoms with Crippen LogP contribution in [0.4, 0.5) is 14.5 Å². The van der Waals surface area contributed by atoms with Gasteiger partial charge in [-0.2, -0.15) is 0 Å². The molecule has 1 N–H and O–H groups in total. The number of amides is 2. The van der Waals surface area contributed by atoms with E-state index in [4.69, 9.17) is 9.51 Å². The fraction of sp³-hybridized carbons (Fsp3) is 0.400. The molecular weight excluding hydrogens is 516 g/mol. The third-order valence-electron chi connectivity index (χ3n) is 8.13. The normalized spacial score (nSPS) is 20.8. The Morgan fingerprint density at radius 3 is 2.62 bits per heavy atom. The standard InChI is InChI=1S/C30H31F2N5O3/c1-4-11-33-30(39)19-12-21(13-19)37-25-8-5-18(28-16(2)35-40-17(28)3)14-24(25)34-29(37)26-9-10-27(38)36(26)20-6-7-22(31)23(32)15-20/h5-8,14-15,19,21,26H,4,9-13H2,1-3H3,(H,33,39)/t19?,21?,26-/m0/s1. The molecule has 208 valence electrons. The van der Waals surface area contributed by atoms with Crippen LogP contribution >= 0.6 is 0 Å². The van der Waals surface area contributed by atoms with Crippen molar-refractivity contribution in [1.29, 1.82) is 0 Å². The molecule has 10 heteroatoms. The molecule has 4 aromatic rings. The zero-order valence-corrected chi connectivity index (χ0v) is 22.7. The molecule has 6 rings (SSSR count). The van der Waals surface area contributed by atoms with Crippen molar-refractivity contribution in [2.75, 3.05) is 11.4 Å². The van der Waals surface area contributed by atoms with E-state index in [1.807, 2.05) is 39.0 Å². The van der Waals surface area contributed by atoms with E-state index >= 15 is 0 Å². The van der Waals surface area contributed by atoms with Crippen molar-refractivity contribution in [1.82, 2.24) is 20.0 Å². The zero-order chi connectivity index (χ0) is 28.1. The number of aromatic nitrogens is 3. The van der Waals surface area contributed by atoms with E-state index in [2.05, 4.69) is 15.0 Å². The number of rotatable bonds is 7. The molecule has 2 amide bonds. The van der Waals surface area contributed by atoms with E-state index < -0.39 is 17.7 Å². The highest BCUT2D eigenvalue weighted by Gasteiger charge is 2.42. The van der Waals surface area contributed by atoms with Crippen LogP contribution in [-0.4, -0.2) is 33.1 Å². The number of halogens is 2. The number of benzene rings is 2. The fourth-order valence-electron chi connectivity index (χ4n) is 6.08. The Morgan fingerprint density at radius 2 is 1.93 bits per heavy atom. The van der Waals surface area contributed by atoms with E-state index in [1.54, 1.807) is 0 Å². The SMILES string of the molecule is CCCNC(=O)C1CC(n2c([C@@H]3CCC(=O)N3c3ccc(F)c(F)c3)nc3cc(-c4c(C)noc4C)ccc32)C1. The van der Waals surface area contributed by atoms with Crippen LogP contribution in [0.5, 0.6) is 0 Å². The second-order valence-corrected chi connectivity index (χ2v) is 10.8. The zero-order valence-electron chi connectivity index (χ0n) is 22.7. The van der Waals surface area contributed by atoms with Gasteiger partial charge in [0.05, 0.1) is 22.8 Å². The quantitative estimate of drug-likeness (QED) is 0.310. The lowest BCUT2D eigenvalue weighted by Gasteiger charge is -2.37. The van der Waals surface area contributed by atoms with E-state index in [-0.39, 0.29) is 30.2 Å². The van der Waals surface area contributed by atoms with Crippen LogP contribution in [-0.2, 0) is 9.59 Å². The maximum atomic E-state index is 14.2. The summed E-state index contributed by atoms with van der Waals surface area (Å²) in [4.78, 5) is 32.3. The van der Waals surface area contributed by atoms with Crippen LogP contribution in [0.2, 0.25) is 0 Å². The van der Waals surface area contributed by atoms with Gasteiger partial charge in [0.2, 0.25) is 11.8 Å². The van der Waals surface area contributed by atoms with Gasteiger partial charge >= 0.3 is 0 Å². The molecule has 1 atom stereocenters. The molecule has 2 aromatic heterocycles. The number of hydrogen-bond acceptors (Lipinski definition) is 5. The first-order valence-electron chi connectivity index (χ1n) is 13.8. The number of carbonyl (C=O) groups excluding carboxylic acids is 2. The fourth-order valence-corrected chi connectivity index (χ4v) is 6.08. The predicted molar refractivity (Wildman–Crippen MR) is 146 cm³/mol. The van der Waals surface area contributed by atoms with Gasteiger partial charge in [0.25, 0.3) is 0 Å². The first kappa shape index (κ1) is 26.2. The van der Waals surface area contributed by atoms with Gasteiger partial charge in [0.15, 0.2) is 11.6 Å². The maximum Gasteiger partial charge on any atom is 0.227 e. The Bertz CT molecular complexity index is 1600. The molecule has 2 fully saturated rings. The van der Waals surface area contributed by atoms with E-state index in [1.165, 1.54) is 11.0 Å². The molecule has 2 aromatic carbocycles. The van der Waals surface area contributed by atoms with Crippen LogP contribution in [0.3, 0.4) is 0 Å². The average molecular weight is 548 g/mol. The first-order chi connectivity index (χ1) is 19.3. The summed E-state index contributed by atoms with van der Waals surface area (Å²) < 4.78 is 35.4. The molecule has 0 spiro atoms. The number of carbonyl (C=O) groups is 2. The van der Waals surface area contributed by atoms with E-state index in [9.17, 15) is 18.4 Å². The van der Waals surface area contributed by atoms with Crippen molar-refractivity contribution in [3.8, 4) is 11.1 Å². The molecule has 1 saturated heterocycles. The van der Waals surface area contributed by atoms with Crippen LogP contribution in [0, 0.1) is 31.4 Å². The second kappa shape index (κ2) is 10.1. The summed E-state index contributed by atoms with van der Waals surface area (Å²) in [7, 11) is 0. The van der Waals surface area contributed by atoms with Crippen LogP contribution in [0.25, 0.3) is 22.2 Å². The van der Waals surface area contributed by atoms with Gasteiger partial charge < -0.3 is 19.3 Å². The van der Waals surface area contributed by atoms with Crippen molar-refractivity contribution in [3.05, 3.63) is 65.3 Å². The molecule has 1 aliphatic heterocycles. The molecule has 40 heavy (non-hydrogen) atoms. The highest BCUT2D eigenvalue weighted by molar-refractivity contribution is 5.96. The van der Waals surface area contributed by atoms with Crippen molar-refractivity contribution in [3.63, 3.8) is 0 Å². The smallest absolute Gasteiger partial charge is 0.227 e. The molecular formula is C30H31F2N5O3. The van der Waals surface area contributed by atoms with Gasteiger partial charge in [-0.3, -0.25) is 9.59 Å². The van der Waals surface area contributed by atoms with Gasteiger partial charge in [0.1, 0.15) is 11.6 Å². The number of nitrogens with one attached hydrogen (secondary N) is 1. The molecule has 2 aliphatic rings. The first-order valence-corrected chi connectivity index (χ1v) is 13.8. The number of imidazole rings is 1. The van der Waals surface area contributed by atoms with Crippen molar-refractivity contribution >= 4 is 28.5 Å². The summed E-state index contributed by atoms with van der Waals surface area (Å²) in [6.45, 7) is 6.43. The minimum Gasteiger partial charge on any atom is -0.361 e. The Hall–Kier alpha value is -4.08. The number of fused-ring (bicyclic) bond motifs is 1. The van der Waals surface area contributed by atoms with Crippen molar-refractivity contribution in [2.24, 2.45) is 5.92 Å². The van der Waals surface area contributed by atoms with E-state index in [0.717, 1.165) is 46.4 Å². The molecule has 8 nitrogen and oxygen atoms in total. The Morgan fingerprint density at radius 1 is 1.12 bits per heavy atom. The van der Waals surface area contributed by atoms with Gasteiger partial charge in [-0.05, 0) is 69.4 Å². The summed E-state index contributed by atoms with van der Waals surface area (Å²) in [5.41, 5.74) is 4.55. The lowest BCUT2D eigenvalue weighted by molar-refractivity contribution is -0.128. The van der Waals surface area contributed by atoms with E-state index in [0.29, 0.717) is 43.1 Å². The largest absolute Gasteiger partial charge is 0.361 e. The van der Waals surface area contributed by atoms with Gasteiger partial charge in [0, 0.05) is 42.2 Å². The minimum absolute atomic E-state index is 0.0183. The second-order valence-electron chi connectivity index (χ2n) is 10.8. The number of hydrogen-bond donors (Lipinski definition) is 1. The molecule has 0 unspecified atom stereocenters. The highest BCUT2D eigenvalue weighted by atomic mass is 19.2. The topological polar surface area (TPSA) is 93.3 Å². The summed E-state index contributed by atoms with van der Waals surface area (Å²) in [6.07, 6.45) is 2.95. The molecule has 0 radical (unpaired) electrons. The lowest BCUT2D eigenvalue weighted by atomic mass is 9.79. The van der Waals surface area contributed by atoms with Crippen molar-refractivity contribution in [2.45, 2.75) is 65.0 Å². The van der Waals surface area contributed by atoms with Gasteiger partial charge in [-0.25, -0.2) is 13.8 Å². The number of aryl methyl sites for hydroxylation is 2. The predicted octanol–water partition coefficient (Wildman–Crippen LogP) is 5.93. The van der Waals surface area contributed by atoms with Crippen molar-refractivity contribution < 1.29 is 22.9 Å². The minimum atomic E-state index is -1.01. The third kappa shape index (κ3) is 4.35. The Balaban J connectivity index is 1.43. The maximum absolute atomic E-state index is 14.2. The van der Waals surface area contributed by atoms with Crippen LogP contribution in [0.15, 0.2) is 40.9 Å². The molecule has 1 saturated carbocycles. The summed E-state index contributed by atoms with van der Waals surface area (Å²) in [6, 6.07) is 9.09. The highest BCUT2D eigenvalue weighted by Crippen LogP contribution is 2.45. The molecule has 3 heterocycles. The molecule has 0 bridgehead atoms. The number of nitrogens with zero attached hydrogens (tertiary/aromatic N) is 4. The molecule has 1 aliphatic carbocycles. The lowest BCUT2D eigenvalue weighted by Crippen LogP contribution is -2.40.